The third kappa shape index (κ3) is 1.99. The molecule has 0 radical (unpaired) electrons. The van der Waals surface area contributed by atoms with Crippen molar-refractivity contribution >= 4 is 12.2 Å². The fourth-order valence-corrected chi connectivity index (χ4v) is 1.22. The molecule has 0 saturated heterocycles. The second kappa shape index (κ2) is 4.56. The largest absolute Gasteiger partial charge is 0.272 e. The van der Waals surface area contributed by atoms with Crippen molar-refractivity contribution < 1.29 is 0 Å². The van der Waals surface area contributed by atoms with Gasteiger partial charge in [-0.05, 0) is 13.3 Å². The molecule has 0 aliphatic carbocycles. The minimum absolute atomic E-state index is 0.193. The third-order valence-corrected chi connectivity index (χ3v) is 1.97. The van der Waals surface area contributed by atoms with Crippen molar-refractivity contribution in [1.82, 2.24) is 10.2 Å². The molecule has 1 aromatic heterocycles. The van der Waals surface area contributed by atoms with E-state index in [4.69, 9.17) is 0 Å². The predicted molar refractivity (Wildman–Crippen MR) is 59.0 cm³/mol. The number of H-pyrrole nitrogens is 1. The van der Waals surface area contributed by atoms with E-state index in [2.05, 4.69) is 16.8 Å². The molecule has 1 N–H and O–H groups in total. The quantitative estimate of drug-likeness (QED) is 0.793. The van der Waals surface area contributed by atoms with Crippen LogP contribution in [0.25, 0.3) is 12.2 Å². The molecule has 0 unspecified atom stereocenters. The summed E-state index contributed by atoms with van der Waals surface area (Å²) in [5.41, 5.74) is 2.05. The Morgan fingerprint density at radius 3 is 2.79 bits per heavy atom. The number of aryl methyl sites for hydroxylation is 1. The van der Waals surface area contributed by atoms with E-state index in [0.717, 1.165) is 17.7 Å². The number of nitrogens with one attached hydrogen (secondary N) is 1. The van der Waals surface area contributed by atoms with Gasteiger partial charge in [-0.1, -0.05) is 31.7 Å². The summed E-state index contributed by atoms with van der Waals surface area (Å²) in [7, 11) is 0. The summed E-state index contributed by atoms with van der Waals surface area (Å²) in [6, 6.07) is 0. The van der Waals surface area contributed by atoms with E-state index in [1.807, 2.05) is 26.0 Å². The first-order valence-corrected chi connectivity index (χ1v) is 4.59. The monoisotopic (exact) mass is 190 g/mol. The summed E-state index contributed by atoms with van der Waals surface area (Å²) < 4.78 is 0. The van der Waals surface area contributed by atoms with Gasteiger partial charge in [0, 0.05) is 11.1 Å². The number of rotatable bonds is 3. The number of allylic oxidation sites excluding steroid dienone is 1. The van der Waals surface area contributed by atoms with E-state index in [1.54, 1.807) is 6.08 Å². The SMILES string of the molecule is C=Cc1c(/C=C\CC)c(C)n[nH]c1=O. The van der Waals surface area contributed by atoms with Crippen molar-refractivity contribution in [2.24, 2.45) is 0 Å². The van der Waals surface area contributed by atoms with Crippen molar-refractivity contribution in [3.05, 3.63) is 39.8 Å². The highest BCUT2D eigenvalue weighted by molar-refractivity contribution is 5.64. The molecule has 0 atom stereocenters. The van der Waals surface area contributed by atoms with E-state index in [0.29, 0.717) is 5.56 Å². The molecule has 0 aliphatic heterocycles. The summed E-state index contributed by atoms with van der Waals surface area (Å²) in [4.78, 5) is 11.4. The summed E-state index contributed by atoms with van der Waals surface area (Å²) in [5, 5.41) is 6.33. The molecule has 0 bridgehead atoms. The topological polar surface area (TPSA) is 45.8 Å². The molecule has 0 saturated carbocycles. The number of hydrogen-bond donors (Lipinski definition) is 1. The minimum atomic E-state index is -0.193. The Labute approximate surface area is 83.2 Å². The van der Waals surface area contributed by atoms with Crippen LogP contribution in [0.15, 0.2) is 17.4 Å². The van der Waals surface area contributed by atoms with Crippen LogP contribution in [0.4, 0.5) is 0 Å². The van der Waals surface area contributed by atoms with Crippen LogP contribution in [0, 0.1) is 6.92 Å². The first kappa shape index (κ1) is 10.4. The summed E-state index contributed by atoms with van der Waals surface area (Å²) >= 11 is 0. The van der Waals surface area contributed by atoms with Gasteiger partial charge in [-0.3, -0.25) is 4.79 Å². The lowest BCUT2D eigenvalue weighted by molar-refractivity contribution is 0.936. The van der Waals surface area contributed by atoms with E-state index in [1.165, 1.54) is 0 Å². The molecule has 74 valence electrons. The zero-order valence-electron chi connectivity index (χ0n) is 8.50. The van der Waals surface area contributed by atoms with E-state index in [-0.39, 0.29) is 5.56 Å². The van der Waals surface area contributed by atoms with Crippen molar-refractivity contribution in [3.63, 3.8) is 0 Å². The van der Waals surface area contributed by atoms with Gasteiger partial charge in [0.15, 0.2) is 0 Å². The van der Waals surface area contributed by atoms with E-state index < -0.39 is 0 Å². The fraction of sp³-hybridized carbons (Fsp3) is 0.273. The summed E-state index contributed by atoms with van der Waals surface area (Å²) in [6.45, 7) is 7.52. The molecule has 0 spiro atoms. The van der Waals surface area contributed by atoms with Crippen LogP contribution in [0.5, 0.6) is 0 Å². The predicted octanol–water partition coefficient (Wildman–Crippen LogP) is 2.14. The van der Waals surface area contributed by atoms with Crippen molar-refractivity contribution in [2.45, 2.75) is 20.3 Å². The van der Waals surface area contributed by atoms with Gasteiger partial charge < -0.3 is 0 Å². The molecule has 0 amide bonds. The smallest absolute Gasteiger partial charge is 0.267 e. The van der Waals surface area contributed by atoms with Gasteiger partial charge in [0.1, 0.15) is 0 Å². The number of aromatic amines is 1. The fourth-order valence-electron chi connectivity index (χ4n) is 1.22. The molecule has 0 fully saturated rings. The average molecular weight is 190 g/mol. The van der Waals surface area contributed by atoms with Crippen molar-refractivity contribution in [3.8, 4) is 0 Å². The lowest BCUT2D eigenvalue weighted by atomic mass is 10.1. The van der Waals surface area contributed by atoms with Gasteiger partial charge in [-0.2, -0.15) is 5.10 Å². The molecule has 3 heteroatoms. The number of hydrogen-bond acceptors (Lipinski definition) is 2. The Morgan fingerprint density at radius 2 is 2.21 bits per heavy atom. The van der Waals surface area contributed by atoms with Gasteiger partial charge in [0.05, 0.1) is 5.69 Å². The highest BCUT2D eigenvalue weighted by Gasteiger charge is 2.04. The van der Waals surface area contributed by atoms with Crippen LogP contribution in [0.1, 0.15) is 30.2 Å². The third-order valence-electron chi connectivity index (χ3n) is 1.97. The summed E-state index contributed by atoms with van der Waals surface area (Å²) in [6.07, 6.45) is 6.40. The highest BCUT2D eigenvalue weighted by atomic mass is 16.1. The molecular weight excluding hydrogens is 176 g/mol. The molecule has 1 aromatic rings. The lowest BCUT2D eigenvalue weighted by Gasteiger charge is -2.02. The van der Waals surface area contributed by atoms with Crippen LogP contribution in [-0.4, -0.2) is 10.2 Å². The van der Waals surface area contributed by atoms with Gasteiger partial charge in [-0.25, -0.2) is 5.10 Å². The second-order valence-corrected chi connectivity index (χ2v) is 2.98. The second-order valence-electron chi connectivity index (χ2n) is 2.98. The first-order valence-electron chi connectivity index (χ1n) is 4.59. The van der Waals surface area contributed by atoms with Crippen molar-refractivity contribution in [2.75, 3.05) is 0 Å². The molecular formula is C11H14N2O. The molecule has 3 nitrogen and oxygen atoms in total. The number of nitrogens with zero attached hydrogens (tertiary/aromatic N) is 1. The number of aromatic nitrogens is 2. The Bertz CT molecular complexity index is 416. The Kier molecular flexibility index (Phi) is 3.40. The zero-order valence-corrected chi connectivity index (χ0v) is 8.50. The minimum Gasteiger partial charge on any atom is -0.267 e. The van der Waals surface area contributed by atoms with Gasteiger partial charge in [-0.15, -0.1) is 0 Å². The average Bonchev–Trinajstić information content (AvgIpc) is 2.19. The highest BCUT2D eigenvalue weighted by Crippen LogP contribution is 2.10. The van der Waals surface area contributed by atoms with Crippen molar-refractivity contribution in [1.29, 1.82) is 0 Å². The molecule has 1 heterocycles. The van der Waals surface area contributed by atoms with Crippen LogP contribution >= 0.6 is 0 Å². The Balaban J connectivity index is 3.37. The molecule has 0 aliphatic rings. The lowest BCUT2D eigenvalue weighted by Crippen LogP contribution is -2.14. The van der Waals surface area contributed by atoms with Crippen LogP contribution < -0.4 is 5.56 Å². The normalized spacial score (nSPS) is 10.7. The van der Waals surface area contributed by atoms with Gasteiger partial charge in [0.25, 0.3) is 5.56 Å². The molecule has 14 heavy (non-hydrogen) atoms. The molecule has 1 rings (SSSR count). The standard InChI is InChI=1S/C11H14N2O/c1-4-6-7-10-8(3)12-13-11(14)9(10)5-2/h5-7H,2,4H2,1,3H3,(H,13,14)/b7-6-. The summed E-state index contributed by atoms with van der Waals surface area (Å²) in [5.74, 6) is 0. The van der Waals surface area contributed by atoms with Crippen LogP contribution in [0.3, 0.4) is 0 Å². The maximum Gasteiger partial charge on any atom is 0.272 e. The van der Waals surface area contributed by atoms with Crippen LogP contribution in [0.2, 0.25) is 0 Å². The maximum atomic E-state index is 11.4. The van der Waals surface area contributed by atoms with Gasteiger partial charge in [0.2, 0.25) is 0 Å². The van der Waals surface area contributed by atoms with Crippen LogP contribution in [-0.2, 0) is 0 Å². The van der Waals surface area contributed by atoms with Gasteiger partial charge >= 0.3 is 0 Å². The van der Waals surface area contributed by atoms with E-state index in [9.17, 15) is 4.79 Å². The van der Waals surface area contributed by atoms with E-state index >= 15 is 0 Å². The molecule has 0 aromatic carbocycles. The maximum absolute atomic E-state index is 11.4. The zero-order chi connectivity index (χ0) is 10.6. The first-order chi connectivity index (χ1) is 6.70. The Morgan fingerprint density at radius 1 is 1.50 bits per heavy atom. The Hall–Kier alpha value is -1.64.